The molecule has 0 aromatic heterocycles. The van der Waals surface area contributed by atoms with Gasteiger partial charge >= 0.3 is 0 Å². The third-order valence-corrected chi connectivity index (χ3v) is 3.86. The van der Waals surface area contributed by atoms with E-state index in [1.165, 1.54) is 18.4 Å². The van der Waals surface area contributed by atoms with Gasteiger partial charge in [-0.15, -0.1) is 0 Å². The maximum atomic E-state index is 5.71. The van der Waals surface area contributed by atoms with E-state index in [1.807, 2.05) is 12.1 Å². The van der Waals surface area contributed by atoms with Crippen LogP contribution in [0.3, 0.4) is 0 Å². The van der Waals surface area contributed by atoms with Crippen LogP contribution < -0.4 is 14.8 Å². The lowest BCUT2D eigenvalue weighted by atomic mass is 10.1. The van der Waals surface area contributed by atoms with E-state index in [-0.39, 0.29) is 0 Å². The van der Waals surface area contributed by atoms with Crippen LogP contribution in [0.4, 0.5) is 0 Å². The summed E-state index contributed by atoms with van der Waals surface area (Å²) >= 11 is 0. The third kappa shape index (κ3) is 2.61. The van der Waals surface area contributed by atoms with Gasteiger partial charge in [-0.3, -0.25) is 0 Å². The van der Waals surface area contributed by atoms with Gasteiger partial charge in [-0.1, -0.05) is 19.1 Å². The molecule has 1 fully saturated rings. The zero-order chi connectivity index (χ0) is 12.4. The van der Waals surface area contributed by atoms with Crippen LogP contribution in [0.15, 0.2) is 18.2 Å². The Morgan fingerprint density at radius 1 is 1.28 bits per heavy atom. The summed E-state index contributed by atoms with van der Waals surface area (Å²) in [6.45, 7) is 5.61. The number of rotatable bonds is 5. The average molecular weight is 247 g/mol. The van der Waals surface area contributed by atoms with Crippen molar-refractivity contribution in [2.45, 2.75) is 26.3 Å². The number of benzene rings is 1. The minimum atomic E-state index is 0.655. The molecule has 1 aromatic rings. The molecule has 3 rings (SSSR count). The van der Waals surface area contributed by atoms with E-state index in [2.05, 4.69) is 18.3 Å². The molecule has 1 aliphatic carbocycles. The standard InChI is InChI=1S/C15H21NO2/c1-11(12-5-6-12)9-16-10-13-3-2-4-14-15(13)18-8-7-17-14/h2-4,11-12,16H,5-10H2,1H3. The Labute approximate surface area is 108 Å². The molecule has 1 aliphatic heterocycles. The molecule has 18 heavy (non-hydrogen) atoms. The molecule has 3 nitrogen and oxygen atoms in total. The number of nitrogens with one attached hydrogen (secondary N) is 1. The number of fused-ring (bicyclic) bond motifs is 1. The molecule has 0 bridgehead atoms. The Balaban J connectivity index is 1.58. The summed E-state index contributed by atoms with van der Waals surface area (Å²) in [5.74, 6) is 3.56. The maximum Gasteiger partial charge on any atom is 0.165 e. The third-order valence-electron chi connectivity index (χ3n) is 3.86. The molecule has 0 saturated heterocycles. The fourth-order valence-corrected chi connectivity index (χ4v) is 2.54. The normalized spacial score (nSPS) is 19.6. The van der Waals surface area contributed by atoms with Gasteiger partial charge in [0.15, 0.2) is 11.5 Å². The van der Waals surface area contributed by atoms with Crippen LogP contribution in [0.2, 0.25) is 0 Å². The van der Waals surface area contributed by atoms with Gasteiger partial charge in [0.05, 0.1) is 0 Å². The molecule has 0 radical (unpaired) electrons. The molecule has 2 aliphatic rings. The Hall–Kier alpha value is -1.22. The van der Waals surface area contributed by atoms with E-state index in [0.29, 0.717) is 13.2 Å². The van der Waals surface area contributed by atoms with Gasteiger partial charge < -0.3 is 14.8 Å². The van der Waals surface area contributed by atoms with E-state index in [0.717, 1.165) is 36.4 Å². The van der Waals surface area contributed by atoms with Crippen molar-refractivity contribution in [1.82, 2.24) is 5.32 Å². The molecule has 3 heteroatoms. The van der Waals surface area contributed by atoms with Crippen LogP contribution in [0.5, 0.6) is 11.5 Å². The molecule has 1 N–H and O–H groups in total. The second-order valence-corrected chi connectivity index (χ2v) is 5.39. The first-order chi connectivity index (χ1) is 8.84. The van der Waals surface area contributed by atoms with E-state index in [4.69, 9.17) is 9.47 Å². The molecule has 1 saturated carbocycles. The highest BCUT2D eigenvalue weighted by Crippen LogP contribution is 2.36. The first kappa shape index (κ1) is 11.8. The van der Waals surface area contributed by atoms with Crippen molar-refractivity contribution in [2.75, 3.05) is 19.8 Å². The quantitative estimate of drug-likeness (QED) is 0.867. The highest BCUT2D eigenvalue weighted by molar-refractivity contribution is 5.47. The molecule has 0 amide bonds. The molecule has 98 valence electrons. The lowest BCUT2D eigenvalue weighted by molar-refractivity contribution is 0.169. The molecule has 1 heterocycles. The highest BCUT2D eigenvalue weighted by Gasteiger charge is 2.27. The number of hydrogen-bond donors (Lipinski definition) is 1. The zero-order valence-corrected chi connectivity index (χ0v) is 10.9. The van der Waals surface area contributed by atoms with Gasteiger partial charge in [0, 0.05) is 12.1 Å². The minimum Gasteiger partial charge on any atom is -0.486 e. The average Bonchev–Trinajstić information content (AvgIpc) is 3.23. The maximum absolute atomic E-state index is 5.71. The van der Waals surface area contributed by atoms with Crippen molar-refractivity contribution in [3.63, 3.8) is 0 Å². The van der Waals surface area contributed by atoms with Crippen LogP contribution in [-0.2, 0) is 6.54 Å². The molecular weight excluding hydrogens is 226 g/mol. The predicted octanol–water partition coefficient (Wildman–Crippen LogP) is 2.59. The summed E-state index contributed by atoms with van der Waals surface area (Å²) in [6, 6.07) is 6.13. The van der Waals surface area contributed by atoms with E-state index in [9.17, 15) is 0 Å². The predicted molar refractivity (Wildman–Crippen MR) is 71.0 cm³/mol. The van der Waals surface area contributed by atoms with Crippen molar-refractivity contribution < 1.29 is 9.47 Å². The van der Waals surface area contributed by atoms with Crippen LogP contribution in [-0.4, -0.2) is 19.8 Å². The first-order valence-electron chi connectivity index (χ1n) is 6.93. The SMILES string of the molecule is CC(CNCc1cccc2c1OCCO2)C1CC1. The Morgan fingerprint density at radius 3 is 2.94 bits per heavy atom. The summed E-state index contributed by atoms with van der Waals surface area (Å²) in [5, 5.41) is 3.54. The highest BCUT2D eigenvalue weighted by atomic mass is 16.6. The van der Waals surface area contributed by atoms with E-state index < -0.39 is 0 Å². The van der Waals surface area contributed by atoms with Gasteiger partial charge in [-0.2, -0.15) is 0 Å². The van der Waals surface area contributed by atoms with E-state index >= 15 is 0 Å². The summed E-state index contributed by atoms with van der Waals surface area (Å²) in [4.78, 5) is 0. The molecule has 1 atom stereocenters. The largest absolute Gasteiger partial charge is 0.486 e. The Kier molecular flexibility index (Phi) is 3.41. The lowest BCUT2D eigenvalue weighted by Crippen LogP contribution is -2.23. The summed E-state index contributed by atoms with van der Waals surface area (Å²) in [6.07, 6.45) is 2.83. The summed E-state index contributed by atoms with van der Waals surface area (Å²) < 4.78 is 11.3. The Bertz CT molecular complexity index is 415. The van der Waals surface area contributed by atoms with Crippen LogP contribution in [0.1, 0.15) is 25.3 Å². The van der Waals surface area contributed by atoms with Gasteiger partial charge in [-0.05, 0) is 37.3 Å². The minimum absolute atomic E-state index is 0.655. The van der Waals surface area contributed by atoms with Crippen LogP contribution in [0.25, 0.3) is 0 Å². The fourth-order valence-electron chi connectivity index (χ4n) is 2.54. The van der Waals surface area contributed by atoms with Crippen LogP contribution in [0, 0.1) is 11.8 Å². The van der Waals surface area contributed by atoms with Crippen molar-refractivity contribution in [3.05, 3.63) is 23.8 Å². The topological polar surface area (TPSA) is 30.5 Å². The number of para-hydroxylation sites is 1. The lowest BCUT2D eigenvalue weighted by Gasteiger charge is -2.21. The fraction of sp³-hybridized carbons (Fsp3) is 0.600. The van der Waals surface area contributed by atoms with Gasteiger partial charge in [0.1, 0.15) is 13.2 Å². The number of hydrogen-bond acceptors (Lipinski definition) is 3. The smallest absolute Gasteiger partial charge is 0.165 e. The first-order valence-corrected chi connectivity index (χ1v) is 6.93. The molecule has 0 spiro atoms. The second-order valence-electron chi connectivity index (χ2n) is 5.39. The summed E-state index contributed by atoms with van der Waals surface area (Å²) in [5.41, 5.74) is 1.20. The van der Waals surface area contributed by atoms with Crippen molar-refractivity contribution in [2.24, 2.45) is 11.8 Å². The van der Waals surface area contributed by atoms with Crippen molar-refractivity contribution in [1.29, 1.82) is 0 Å². The second kappa shape index (κ2) is 5.19. The monoisotopic (exact) mass is 247 g/mol. The van der Waals surface area contributed by atoms with Gasteiger partial charge in [0.2, 0.25) is 0 Å². The molecule has 1 aromatic carbocycles. The van der Waals surface area contributed by atoms with Crippen molar-refractivity contribution >= 4 is 0 Å². The number of ether oxygens (including phenoxy) is 2. The van der Waals surface area contributed by atoms with Crippen LogP contribution >= 0.6 is 0 Å². The van der Waals surface area contributed by atoms with Crippen molar-refractivity contribution in [3.8, 4) is 11.5 Å². The molecule has 1 unspecified atom stereocenters. The Morgan fingerprint density at radius 2 is 2.11 bits per heavy atom. The van der Waals surface area contributed by atoms with Gasteiger partial charge in [-0.25, -0.2) is 0 Å². The molecular formula is C15H21NO2. The van der Waals surface area contributed by atoms with Gasteiger partial charge in [0.25, 0.3) is 0 Å². The zero-order valence-electron chi connectivity index (χ0n) is 10.9. The summed E-state index contributed by atoms with van der Waals surface area (Å²) in [7, 11) is 0. The van der Waals surface area contributed by atoms with E-state index in [1.54, 1.807) is 0 Å².